The van der Waals surface area contributed by atoms with Crippen molar-refractivity contribution < 1.29 is 4.74 Å². The van der Waals surface area contributed by atoms with Crippen molar-refractivity contribution in [3.8, 4) is 11.3 Å². The molecule has 1 saturated heterocycles. The first kappa shape index (κ1) is 16.7. The normalized spacial score (nSPS) is 19.7. The minimum absolute atomic E-state index is 0.497. The van der Waals surface area contributed by atoms with Gasteiger partial charge in [0.1, 0.15) is 0 Å². The van der Waals surface area contributed by atoms with Crippen LogP contribution in [0.25, 0.3) is 17.3 Å². The third kappa shape index (κ3) is 3.34. The molecule has 0 amide bonds. The Morgan fingerprint density at radius 3 is 3.28 bits per heavy atom. The fourth-order valence-corrected chi connectivity index (χ4v) is 4.34. The number of nitrogens with one attached hydrogen (secondary N) is 2. The Labute approximate surface area is 153 Å². The van der Waals surface area contributed by atoms with Crippen LogP contribution in [-0.2, 0) is 4.74 Å². The summed E-state index contributed by atoms with van der Waals surface area (Å²) in [6.45, 7) is 3.85. The lowest BCUT2D eigenvalue weighted by Gasteiger charge is -2.36. The molecule has 0 unspecified atom stereocenters. The van der Waals surface area contributed by atoms with Crippen LogP contribution in [0, 0.1) is 0 Å². The molecule has 0 spiro atoms. The molecule has 4 aliphatic rings. The zero-order valence-corrected chi connectivity index (χ0v) is 15.3. The number of hydrogen-bond donors (Lipinski definition) is 2. The third-order valence-corrected chi connectivity index (χ3v) is 5.47. The second-order valence-corrected chi connectivity index (χ2v) is 7.20. The minimum Gasteiger partial charge on any atom is -0.385 e. The second-order valence-electron chi connectivity index (χ2n) is 6.48. The Balaban J connectivity index is 1.66. The zero-order chi connectivity index (χ0) is 17.1. The van der Waals surface area contributed by atoms with Gasteiger partial charge in [-0.1, -0.05) is 12.1 Å². The van der Waals surface area contributed by atoms with Crippen LogP contribution in [0.5, 0.6) is 0 Å². The van der Waals surface area contributed by atoms with E-state index in [1.54, 1.807) is 19.1 Å². The molecule has 0 aromatic carbocycles. The number of hydrogen-bond acceptors (Lipinski definition) is 6. The molecule has 0 saturated carbocycles. The molecule has 6 heteroatoms. The van der Waals surface area contributed by atoms with Crippen molar-refractivity contribution in [3.05, 3.63) is 35.4 Å². The first-order valence-electron chi connectivity index (χ1n) is 8.84. The van der Waals surface area contributed by atoms with E-state index in [0.717, 1.165) is 44.8 Å². The van der Waals surface area contributed by atoms with E-state index in [9.17, 15) is 0 Å². The van der Waals surface area contributed by atoms with E-state index < -0.39 is 0 Å². The van der Waals surface area contributed by atoms with Crippen LogP contribution in [0.3, 0.4) is 0 Å². The summed E-state index contributed by atoms with van der Waals surface area (Å²) in [5, 5.41) is 5.76. The number of ether oxygens (including phenoxy) is 1. The van der Waals surface area contributed by atoms with Crippen LogP contribution in [0.4, 0.5) is 11.4 Å². The van der Waals surface area contributed by atoms with Gasteiger partial charge in [-0.15, -0.1) is 0 Å². The first-order valence-corrected chi connectivity index (χ1v) is 9.72. The Morgan fingerprint density at radius 1 is 1.40 bits per heavy atom. The van der Waals surface area contributed by atoms with Gasteiger partial charge in [0, 0.05) is 56.7 Å². The maximum Gasteiger partial charge on any atom is 0.0963 e. The molecule has 1 fully saturated rings. The highest BCUT2D eigenvalue weighted by atomic mass is 32.2. The maximum absolute atomic E-state index is 5.20. The summed E-state index contributed by atoms with van der Waals surface area (Å²) in [4.78, 5) is 7.26. The van der Waals surface area contributed by atoms with E-state index >= 15 is 0 Å². The molecule has 3 aliphatic heterocycles. The molecule has 2 N–H and O–H groups in total. The molecule has 3 heterocycles. The third-order valence-electron chi connectivity index (χ3n) is 4.87. The molecular weight excluding hydrogens is 332 g/mol. The SMILES string of the molecule is COCCC[C@H]1CN(c2c3nccccc-3c3c2C=CSN3)CCN1. The predicted octanol–water partition coefficient (Wildman–Crippen LogP) is 3.44. The van der Waals surface area contributed by atoms with Gasteiger partial charge in [0.2, 0.25) is 0 Å². The van der Waals surface area contributed by atoms with Crippen molar-refractivity contribution in [2.45, 2.75) is 18.9 Å². The number of methoxy groups -OCH3 is 1. The largest absolute Gasteiger partial charge is 0.385 e. The summed E-state index contributed by atoms with van der Waals surface area (Å²) < 4.78 is 8.67. The van der Waals surface area contributed by atoms with Crippen LogP contribution >= 0.6 is 11.9 Å². The highest BCUT2D eigenvalue weighted by Crippen LogP contribution is 2.48. The highest BCUT2D eigenvalue weighted by molar-refractivity contribution is 8.03. The van der Waals surface area contributed by atoms with E-state index in [1.165, 1.54) is 22.5 Å². The van der Waals surface area contributed by atoms with Crippen molar-refractivity contribution in [1.29, 1.82) is 0 Å². The smallest absolute Gasteiger partial charge is 0.0963 e. The number of piperazine rings is 1. The number of fused-ring (bicyclic) bond motifs is 3. The summed E-state index contributed by atoms with van der Waals surface area (Å²) >= 11 is 1.62. The van der Waals surface area contributed by atoms with E-state index in [0.29, 0.717) is 6.04 Å². The number of aromatic nitrogens is 1. The van der Waals surface area contributed by atoms with Crippen LogP contribution in [0.15, 0.2) is 29.8 Å². The van der Waals surface area contributed by atoms with Gasteiger partial charge in [-0.2, -0.15) is 0 Å². The molecule has 0 aromatic heterocycles. The van der Waals surface area contributed by atoms with Gasteiger partial charge < -0.3 is 19.7 Å². The maximum atomic E-state index is 5.20. The average Bonchev–Trinajstić information content (AvgIpc) is 2.79. The molecule has 4 rings (SSSR count). The number of anilines is 2. The molecule has 1 aliphatic carbocycles. The zero-order valence-electron chi connectivity index (χ0n) is 14.5. The quantitative estimate of drug-likeness (QED) is 0.632. The van der Waals surface area contributed by atoms with E-state index in [2.05, 4.69) is 38.6 Å². The van der Waals surface area contributed by atoms with Crippen LogP contribution in [0.1, 0.15) is 18.4 Å². The lowest BCUT2D eigenvalue weighted by Crippen LogP contribution is -2.51. The van der Waals surface area contributed by atoms with E-state index in [1.807, 2.05) is 12.3 Å². The van der Waals surface area contributed by atoms with Crippen molar-refractivity contribution >= 4 is 29.4 Å². The number of nitrogens with zero attached hydrogens (tertiary/aromatic N) is 2. The van der Waals surface area contributed by atoms with Crippen molar-refractivity contribution in [3.63, 3.8) is 0 Å². The summed E-state index contributed by atoms with van der Waals surface area (Å²) in [5.41, 5.74) is 6.01. The van der Waals surface area contributed by atoms with Gasteiger partial charge in [0.25, 0.3) is 0 Å². The molecule has 25 heavy (non-hydrogen) atoms. The molecule has 0 aromatic rings. The van der Waals surface area contributed by atoms with Crippen LogP contribution in [0.2, 0.25) is 0 Å². The van der Waals surface area contributed by atoms with Gasteiger partial charge in [-0.05, 0) is 42.3 Å². The summed E-state index contributed by atoms with van der Waals surface area (Å²) in [7, 11) is 1.77. The fourth-order valence-electron chi connectivity index (χ4n) is 3.73. The summed E-state index contributed by atoms with van der Waals surface area (Å²) in [5.74, 6) is 0. The lowest BCUT2D eigenvalue weighted by atomic mass is 10.1. The molecule has 132 valence electrons. The Kier molecular flexibility index (Phi) is 5.10. The lowest BCUT2D eigenvalue weighted by molar-refractivity contribution is 0.188. The van der Waals surface area contributed by atoms with Gasteiger partial charge >= 0.3 is 0 Å². The van der Waals surface area contributed by atoms with E-state index in [4.69, 9.17) is 9.72 Å². The fraction of sp³-hybridized carbons (Fsp3) is 0.421. The Morgan fingerprint density at radius 2 is 2.36 bits per heavy atom. The second kappa shape index (κ2) is 7.64. The van der Waals surface area contributed by atoms with Gasteiger partial charge in [0.05, 0.1) is 17.1 Å². The first-order chi connectivity index (χ1) is 12.4. The van der Waals surface area contributed by atoms with Gasteiger partial charge in [-0.3, -0.25) is 4.98 Å². The van der Waals surface area contributed by atoms with E-state index in [-0.39, 0.29) is 0 Å². The van der Waals surface area contributed by atoms with Crippen molar-refractivity contribution in [2.24, 2.45) is 0 Å². The van der Waals surface area contributed by atoms with Crippen LogP contribution < -0.4 is 14.9 Å². The van der Waals surface area contributed by atoms with Crippen molar-refractivity contribution in [1.82, 2.24) is 10.3 Å². The summed E-state index contributed by atoms with van der Waals surface area (Å²) in [6.07, 6.45) is 6.34. The monoisotopic (exact) mass is 356 g/mol. The Hall–Kier alpha value is -1.76. The van der Waals surface area contributed by atoms with Gasteiger partial charge in [0.15, 0.2) is 0 Å². The molecule has 0 radical (unpaired) electrons. The molecule has 0 bridgehead atoms. The minimum atomic E-state index is 0.497. The average molecular weight is 356 g/mol. The van der Waals surface area contributed by atoms with Crippen LogP contribution in [-0.4, -0.2) is 44.4 Å². The summed E-state index contributed by atoms with van der Waals surface area (Å²) in [6, 6.07) is 6.72. The predicted molar refractivity (Wildman–Crippen MR) is 106 cm³/mol. The van der Waals surface area contributed by atoms with Gasteiger partial charge in [-0.25, -0.2) is 0 Å². The highest BCUT2D eigenvalue weighted by Gasteiger charge is 2.30. The standard InChI is InChI=1S/C19H24N4OS/c1-24-11-4-5-14-13-23(10-9-20-14)19-16-7-12-25-22-17(16)15-6-2-3-8-21-18(15)19/h2-3,6-8,12,14,20,22H,4-5,9-11,13H2,1H3/t14-/m0/s1. The molecule has 1 atom stereocenters. The molecule has 5 nitrogen and oxygen atoms in total. The number of rotatable bonds is 5. The Bertz CT molecular complexity index is 736. The topological polar surface area (TPSA) is 49.4 Å². The van der Waals surface area contributed by atoms with Crippen molar-refractivity contribution in [2.75, 3.05) is 43.0 Å². The molecular formula is C19H24N4OS.